The van der Waals surface area contributed by atoms with Crippen molar-refractivity contribution in [1.82, 2.24) is 10.2 Å². The van der Waals surface area contributed by atoms with Gasteiger partial charge < -0.3 is 14.8 Å². The normalized spacial score (nSPS) is 16.7. The summed E-state index contributed by atoms with van der Waals surface area (Å²) in [5, 5.41) is 5.17. The van der Waals surface area contributed by atoms with Gasteiger partial charge in [-0.3, -0.25) is 9.69 Å². The number of rotatable bonds is 8. The number of benzene rings is 2. The molecule has 0 saturated carbocycles. The highest BCUT2D eigenvalue weighted by Crippen LogP contribution is 2.40. The molecule has 33 heavy (non-hydrogen) atoms. The summed E-state index contributed by atoms with van der Waals surface area (Å²) in [6.07, 6.45) is 1.61. The quantitative estimate of drug-likeness (QED) is 0.493. The smallest absolute Gasteiger partial charge is 0.261 e. The van der Waals surface area contributed by atoms with Crippen molar-refractivity contribution >= 4 is 17.2 Å². The number of nitrogens with one attached hydrogen (secondary N) is 1. The highest BCUT2D eigenvalue weighted by molar-refractivity contribution is 7.12. The molecule has 0 spiro atoms. The van der Waals surface area contributed by atoms with Gasteiger partial charge in [-0.25, -0.2) is 4.39 Å². The fourth-order valence-corrected chi connectivity index (χ4v) is 5.18. The number of hydrogen-bond donors (Lipinski definition) is 1. The maximum Gasteiger partial charge on any atom is 0.261 e. The van der Waals surface area contributed by atoms with Crippen molar-refractivity contribution in [3.63, 3.8) is 0 Å². The van der Waals surface area contributed by atoms with E-state index in [2.05, 4.69) is 17.1 Å². The Labute approximate surface area is 198 Å². The van der Waals surface area contributed by atoms with Crippen LogP contribution in [-0.2, 0) is 13.0 Å². The number of fused-ring (bicyclic) bond motifs is 1. The van der Waals surface area contributed by atoms with Crippen molar-refractivity contribution in [2.24, 2.45) is 0 Å². The van der Waals surface area contributed by atoms with E-state index in [0.717, 1.165) is 30.5 Å². The van der Waals surface area contributed by atoms with Crippen molar-refractivity contribution in [3.05, 3.63) is 81.3 Å². The highest BCUT2D eigenvalue weighted by atomic mass is 32.1. The minimum atomic E-state index is -0.245. The molecule has 1 aliphatic rings. The second-order valence-corrected chi connectivity index (χ2v) is 9.11. The molecule has 3 aromatic rings. The van der Waals surface area contributed by atoms with Crippen molar-refractivity contribution in [2.75, 3.05) is 20.8 Å². The lowest BCUT2D eigenvalue weighted by molar-refractivity contribution is 0.0863. The van der Waals surface area contributed by atoms with Gasteiger partial charge in [-0.2, -0.15) is 0 Å². The maximum absolute atomic E-state index is 13.5. The van der Waals surface area contributed by atoms with Gasteiger partial charge in [-0.05, 0) is 65.2 Å². The van der Waals surface area contributed by atoms with E-state index in [0.29, 0.717) is 22.9 Å². The van der Waals surface area contributed by atoms with Crippen LogP contribution in [0, 0.1) is 5.82 Å². The molecule has 2 unspecified atom stereocenters. The molecule has 1 aliphatic heterocycles. The van der Waals surface area contributed by atoms with E-state index >= 15 is 0 Å². The second kappa shape index (κ2) is 10.4. The summed E-state index contributed by atoms with van der Waals surface area (Å²) in [4.78, 5) is 16.0. The molecule has 0 radical (unpaired) electrons. The molecule has 7 heteroatoms. The highest BCUT2D eigenvalue weighted by Gasteiger charge is 2.35. The van der Waals surface area contributed by atoms with Gasteiger partial charge in [-0.1, -0.05) is 25.1 Å². The zero-order valence-corrected chi connectivity index (χ0v) is 20.0. The first-order chi connectivity index (χ1) is 16.0. The summed E-state index contributed by atoms with van der Waals surface area (Å²) >= 11 is 1.43. The minimum Gasteiger partial charge on any atom is -0.493 e. The lowest BCUT2D eigenvalue weighted by atomic mass is 9.86. The Morgan fingerprint density at radius 1 is 1.18 bits per heavy atom. The van der Waals surface area contributed by atoms with Crippen LogP contribution in [0.5, 0.6) is 11.5 Å². The molecule has 2 atom stereocenters. The van der Waals surface area contributed by atoms with Gasteiger partial charge in [-0.15, -0.1) is 11.3 Å². The topological polar surface area (TPSA) is 50.8 Å². The third-order valence-corrected chi connectivity index (χ3v) is 7.08. The molecule has 0 bridgehead atoms. The fraction of sp³-hybridized carbons (Fsp3) is 0.346. The Bertz CT molecular complexity index is 1090. The number of carbonyl (C=O) groups excluding carboxylic acids is 1. The van der Waals surface area contributed by atoms with Gasteiger partial charge in [0.25, 0.3) is 5.91 Å². The van der Waals surface area contributed by atoms with Gasteiger partial charge in [0.05, 0.1) is 25.1 Å². The minimum absolute atomic E-state index is 0.0625. The molecule has 2 heterocycles. The zero-order chi connectivity index (χ0) is 23.4. The maximum atomic E-state index is 13.5. The molecular formula is C26H29FN2O3S. The number of thiophene rings is 1. The Morgan fingerprint density at radius 2 is 1.91 bits per heavy atom. The molecule has 1 aromatic heterocycles. The first-order valence-electron chi connectivity index (χ1n) is 11.1. The van der Waals surface area contributed by atoms with Crippen molar-refractivity contribution < 1.29 is 18.7 Å². The second-order valence-electron chi connectivity index (χ2n) is 8.16. The van der Waals surface area contributed by atoms with Crippen LogP contribution >= 0.6 is 11.3 Å². The lowest BCUT2D eigenvalue weighted by Crippen LogP contribution is -2.48. The van der Waals surface area contributed by atoms with Crippen LogP contribution in [0.3, 0.4) is 0 Å². The molecule has 1 amide bonds. The van der Waals surface area contributed by atoms with E-state index in [9.17, 15) is 9.18 Å². The van der Waals surface area contributed by atoms with Crippen molar-refractivity contribution in [1.29, 1.82) is 0 Å². The van der Waals surface area contributed by atoms with E-state index in [1.807, 2.05) is 41.8 Å². The van der Waals surface area contributed by atoms with E-state index in [4.69, 9.17) is 9.47 Å². The van der Waals surface area contributed by atoms with E-state index < -0.39 is 0 Å². The molecule has 0 saturated heterocycles. The third-order valence-electron chi connectivity index (χ3n) is 6.21. The van der Waals surface area contributed by atoms with E-state index in [1.54, 1.807) is 14.2 Å². The van der Waals surface area contributed by atoms with Gasteiger partial charge >= 0.3 is 0 Å². The summed E-state index contributed by atoms with van der Waals surface area (Å²) in [5.41, 5.74) is 3.35. The fourth-order valence-electron chi connectivity index (χ4n) is 4.55. The first-order valence-corrected chi connectivity index (χ1v) is 12.0. The van der Waals surface area contributed by atoms with Crippen LogP contribution in [0.15, 0.2) is 53.9 Å². The Hall–Kier alpha value is -2.90. The SMILES string of the molecule is CCC(NC(=O)c1cccs1)C1c2cc(OC)c(OC)cc2CCN1Cc1ccc(F)cc1. The average molecular weight is 469 g/mol. The summed E-state index contributed by atoms with van der Waals surface area (Å²) in [6, 6.07) is 14.3. The molecule has 0 aliphatic carbocycles. The van der Waals surface area contributed by atoms with Crippen LogP contribution in [0.25, 0.3) is 0 Å². The number of halogens is 1. The van der Waals surface area contributed by atoms with E-state index in [-0.39, 0.29) is 23.8 Å². The van der Waals surface area contributed by atoms with Gasteiger partial charge in [0.2, 0.25) is 0 Å². The third kappa shape index (κ3) is 5.04. The van der Waals surface area contributed by atoms with Crippen LogP contribution in [0.1, 0.15) is 45.7 Å². The Morgan fingerprint density at radius 3 is 2.55 bits per heavy atom. The molecule has 1 N–H and O–H groups in total. The molecule has 4 rings (SSSR count). The van der Waals surface area contributed by atoms with Crippen LogP contribution in [-0.4, -0.2) is 37.6 Å². The first kappa shape index (κ1) is 23.3. The number of amides is 1. The average Bonchev–Trinajstić information content (AvgIpc) is 3.38. The summed E-state index contributed by atoms with van der Waals surface area (Å²) < 4.78 is 24.6. The van der Waals surface area contributed by atoms with Crippen molar-refractivity contribution in [3.8, 4) is 11.5 Å². The molecule has 0 fully saturated rings. The van der Waals surface area contributed by atoms with Gasteiger partial charge in [0.15, 0.2) is 11.5 Å². The number of ether oxygens (including phenoxy) is 2. The van der Waals surface area contributed by atoms with Crippen LogP contribution in [0.4, 0.5) is 4.39 Å². The predicted molar refractivity (Wildman–Crippen MR) is 129 cm³/mol. The van der Waals surface area contributed by atoms with E-state index in [1.165, 1.54) is 29.0 Å². The Kier molecular flexibility index (Phi) is 7.30. The predicted octanol–water partition coefficient (Wildman–Crippen LogP) is 5.21. The molecule has 5 nitrogen and oxygen atoms in total. The standard InChI is InChI=1S/C26H29FN2O3S/c1-4-21(28-26(30)24-6-5-13-33-24)25-20-15-23(32-3)22(31-2)14-18(20)11-12-29(25)16-17-7-9-19(27)10-8-17/h5-10,13-15,21,25H,4,11-12,16H2,1-3H3,(H,28,30). The lowest BCUT2D eigenvalue weighted by Gasteiger charge is -2.42. The molecule has 2 aromatic carbocycles. The summed E-state index contributed by atoms with van der Waals surface area (Å²) in [5.74, 6) is 1.07. The number of carbonyl (C=O) groups is 1. The van der Waals surface area contributed by atoms with Gasteiger partial charge in [0, 0.05) is 19.1 Å². The van der Waals surface area contributed by atoms with Crippen LogP contribution < -0.4 is 14.8 Å². The number of methoxy groups -OCH3 is 2. The largest absolute Gasteiger partial charge is 0.493 e. The summed E-state index contributed by atoms with van der Waals surface area (Å²) in [6.45, 7) is 3.56. The summed E-state index contributed by atoms with van der Waals surface area (Å²) in [7, 11) is 3.27. The zero-order valence-electron chi connectivity index (χ0n) is 19.1. The van der Waals surface area contributed by atoms with Gasteiger partial charge in [0.1, 0.15) is 5.82 Å². The monoisotopic (exact) mass is 468 g/mol. The number of nitrogens with zero attached hydrogens (tertiary/aromatic N) is 1. The van der Waals surface area contributed by atoms with Crippen LogP contribution in [0.2, 0.25) is 0 Å². The molecular weight excluding hydrogens is 439 g/mol. The Balaban J connectivity index is 1.72. The number of hydrogen-bond acceptors (Lipinski definition) is 5. The van der Waals surface area contributed by atoms with Crippen molar-refractivity contribution in [2.45, 2.75) is 38.4 Å². The molecule has 174 valence electrons.